The number of aromatic hydroxyl groups is 1. The number of phenols is 1. The van der Waals surface area contributed by atoms with Crippen molar-refractivity contribution < 1.29 is 14.3 Å². The highest BCUT2D eigenvalue weighted by Gasteiger charge is 2.33. The van der Waals surface area contributed by atoms with Crippen molar-refractivity contribution in [1.29, 1.82) is 0 Å². The number of hydrogen-bond acceptors (Lipinski definition) is 3. The quantitative estimate of drug-likeness (QED) is 0.724. The third kappa shape index (κ3) is 3.01. The summed E-state index contributed by atoms with van der Waals surface area (Å²) in [6.07, 6.45) is 0.972. The van der Waals surface area contributed by atoms with E-state index < -0.39 is 28.6 Å². The van der Waals surface area contributed by atoms with Crippen molar-refractivity contribution in [2.24, 2.45) is 5.73 Å². The normalized spacial score (nSPS) is 11.1. The van der Waals surface area contributed by atoms with Gasteiger partial charge in [-0.25, -0.2) is 4.39 Å². The lowest BCUT2D eigenvalue weighted by atomic mass is 9.92. The minimum absolute atomic E-state index is 0.140. The third-order valence-corrected chi connectivity index (χ3v) is 3.64. The molecule has 0 saturated carbocycles. The van der Waals surface area contributed by atoms with Crippen LogP contribution < -0.4 is 11.1 Å². The Hall–Kier alpha value is -1.69. The van der Waals surface area contributed by atoms with Crippen molar-refractivity contribution in [2.45, 2.75) is 32.2 Å². The molecular formula is C13H17FN2O2S. The molecule has 4 N–H and O–H groups in total. The number of carbonyl (C=O) groups excluding carboxylic acids is 1. The maximum atomic E-state index is 13.6. The van der Waals surface area contributed by atoms with Gasteiger partial charge in [0.1, 0.15) is 17.1 Å². The predicted molar refractivity (Wildman–Crippen MR) is 75.6 cm³/mol. The van der Waals surface area contributed by atoms with Crippen molar-refractivity contribution >= 4 is 23.1 Å². The fourth-order valence-electron chi connectivity index (χ4n) is 1.85. The molecule has 0 saturated heterocycles. The van der Waals surface area contributed by atoms with Crippen LogP contribution >= 0.6 is 12.2 Å². The lowest BCUT2D eigenvalue weighted by molar-refractivity contribution is 0.0913. The summed E-state index contributed by atoms with van der Waals surface area (Å²) in [4.78, 5) is 12.2. The molecule has 0 spiro atoms. The molecule has 0 aliphatic rings. The van der Waals surface area contributed by atoms with E-state index in [0.29, 0.717) is 12.8 Å². The first kappa shape index (κ1) is 15.4. The van der Waals surface area contributed by atoms with Crippen LogP contribution in [0.3, 0.4) is 0 Å². The van der Waals surface area contributed by atoms with Crippen molar-refractivity contribution in [3.63, 3.8) is 0 Å². The Morgan fingerprint density at radius 3 is 2.47 bits per heavy atom. The summed E-state index contributed by atoms with van der Waals surface area (Å²) in [6, 6.07) is 3.68. The van der Waals surface area contributed by atoms with E-state index in [1.807, 2.05) is 13.8 Å². The maximum absolute atomic E-state index is 13.6. The average Bonchev–Trinajstić information content (AvgIpc) is 2.35. The van der Waals surface area contributed by atoms with Gasteiger partial charge in [-0.3, -0.25) is 4.79 Å². The number of carbonyl (C=O) groups is 1. The van der Waals surface area contributed by atoms with Gasteiger partial charge < -0.3 is 16.2 Å². The van der Waals surface area contributed by atoms with Crippen molar-refractivity contribution in [1.82, 2.24) is 5.32 Å². The second-order valence-corrected chi connectivity index (χ2v) is 4.68. The molecule has 0 unspecified atom stereocenters. The predicted octanol–water partition coefficient (Wildman–Crippen LogP) is 2.11. The molecule has 0 atom stereocenters. The Kier molecular flexibility index (Phi) is 4.83. The van der Waals surface area contributed by atoms with Gasteiger partial charge in [-0.15, -0.1) is 0 Å². The summed E-state index contributed by atoms with van der Waals surface area (Å²) >= 11 is 4.97. The van der Waals surface area contributed by atoms with Gasteiger partial charge in [-0.2, -0.15) is 0 Å². The number of rotatable bonds is 5. The van der Waals surface area contributed by atoms with Gasteiger partial charge in [-0.05, 0) is 25.0 Å². The Morgan fingerprint density at radius 2 is 2.05 bits per heavy atom. The van der Waals surface area contributed by atoms with Crippen LogP contribution in [-0.2, 0) is 0 Å². The largest absolute Gasteiger partial charge is 0.507 e. The average molecular weight is 284 g/mol. The SMILES string of the molecule is CCC(CC)(NC(=O)c1c(O)cccc1F)C(N)=S. The van der Waals surface area contributed by atoms with E-state index in [-0.39, 0.29) is 4.99 Å². The molecule has 0 aliphatic heterocycles. The Labute approximate surface area is 116 Å². The number of benzene rings is 1. The lowest BCUT2D eigenvalue weighted by Crippen LogP contribution is -2.56. The molecule has 1 aromatic carbocycles. The molecular weight excluding hydrogens is 267 g/mol. The second kappa shape index (κ2) is 5.97. The zero-order valence-corrected chi connectivity index (χ0v) is 11.7. The topological polar surface area (TPSA) is 75.3 Å². The zero-order valence-electron chi connectivity index (χ0n) is 10.9. The number of thiocarbonyl (C=S) groups is 1. The first-order chi connectivity index (χ1) is 8.88. The number of amides is 1. The summed E-state index contributed by atoms with van der Waals surface area (Å²) in [7, 11) is 0. The molecule has 104 valence electrons. The third-order valence-electron chi connectivity index (χ3n) is 3.25. The molecule has 1 rings (SSSR count). The summed E-state index contributed by atoms with van der Waals surface area (Å²) in [6.45, 7) is 3.65. The van der Waals surface area contributed by atoms with Crippen LogP contribution in [0.1, 0.15) is 37.0 Å². The smallest absolute Gasteiger partial charge is 0.258 e. The van der Waals surface area contributed by atoms with Gasteiger partial charge in [0.05, 0.1) is 10.5 Å². The number of nitrogens with two attached hydrogens (primary N) is 1. The molecule has 6 heteroatoms. The van der Waals surface area contributed by atoms with Crippen molar-refractivity contribution in [3.8, 4) is 5.75 Å². The summed E-state index contributed by atoms with van der Waals surface area (Å²) in [5, 5.41) is 12.2. The molecule has 0 aromatic heterocycles. The van der Waals surface area contributed by atoms with Gasteiger partial charge in [0.2, 0.25) is 0 Å². The van der Waals surface area contributed by atoms with Crippen LogP contribution in [0.15, 0.2) is 18.2 Å². The molecule has 0 radical (unpaired) electrons. The summed E-state index contributed by atoms with van der Waals surface area (Å²) < 4.78 is 13.6. The van der Waals surface area contributed by atoms with Gasteiger partial charge in [0, 0.05) is 0 Å². The highest BCUT2D eigenvalue weighted by atomic mass is 32.1. The minimum Gasteiger partial charge on any atom is -0.507 e. The Balaban J connectivity index is 3.11. The van der Waals surface area contributed by atoms with E-state index in [1.165, 1.54) is 12.1 Å². The van der Waals surface area contributed by atoms with Crippen LogP contribution in [0.2, 0.25) is 0 Å². The van der Waals surface area contributed by atoms with E-state index in [4.69, 9.17) is 18.0 Å². The molecule has 1 aromatic rings. The first-order valence-corrected chi connectivity index (χ1v) is 6.38. The molecule has 0 aliphatic carbocycles. The van der Waals surface area contributed by atoms with Crippen LogP contribution in [-0.4, -0.2) is 21.5 Å². The second-order valence-electron chi connectivity index (χ2n) is 4.24. The van der Waals surface area contributed by atoms with Crippen LogP contribution in [0, 0.1) is 5.82 Å². The van der Waals surface area contributed by atoms with Crippen LogP contribution in [0.4, 0.5) is 4.39 Å². The van der Waals surface area contributed by atoms with Gasteiger partial charge in [0.25, 0.3) is 5.91 Å². The van der Waals surface area contributed by atoms with Crippen LogP contribution in [0.25, 0.3) is 0 Å². The van der Waals surface area contributed by atoms with Gasteiger partial charge in [-0.1, -0.05) is 32.1 Å². The van der Waals surface area contributed by atoms with E-state index in [2.05, 4.69) is 5.32 Å². The van der Waals surface area contributed by atoms with Gasteiger partial charge >= 0.3 is 0 Å². The summed E-state index contributed by atoms with van der Waals surface area (Å²) in [5.41, 5.74) is 4.38. The monoisotopic (exact) mass is 284 g/mol. The van der Waals surface area contributed by atoms with E-state index in [0.717, 1.165) is 6.07 Å². The molecule has 0 bridgehead atoms. The highest BCUT2D eigenvalue weighted by Crippen LogP contribution is 2.22. The lowest BCUT2D eigenvalue weighted by Gasteiger charge is -2.31. The van der Waals surface area contributed by atoms with Crippen molar-refractivity contribution in [3.05, 3.63) is 29.6 Å². The number of phenolic OH excluding ortho intramolecular Hbond substituents is 1. The number of halogens is 1. The molecule has 1 amide bonds. The highest BCUT2D eigenvalue weighted by molar-refractivity contribution is 7.80. The zero-order chi connectivity index (χ0) is 14.6. The minimum atomic E-state index is -0.874. The molecule has 19 heavy (non-hydrogen) atoms. The number of hydrogen-bond donors (Lipinski definition) is 3. The first-order valence-electron chi connectivity index (χ1n) is 5.97. The molecule has 0 heterocycles. The Morgan fingerprint density at radius 1 is 1.47 bits per heavy atom. The van der Waals surface area contributed by atoms with E-state index in [9.17, 15) is 14.3 Å². The fourth-order valence-corrected chi connectivity index (χ4v) is 2.19. The molecule has 4 nitrogen and oxygen atoms in total. The maximum Gasteiger partial charge on any atom is 0.258 e. The molecule has 0 fully saturated rings. The summed E-state index contributed by atoms with van der Waals surface area (Å²) in [5.74, 6) is -1.94. The standard InChI is InChI=1S/C13H17FN2O2S/c1-3-13(4-2,12(15)19)16-11(18)10-8(14)6-5-7-9(10)17/h5-7,17H,3-4H2,1-2H3,(H2,15,19)(H,16,18). The fraction of sp³-hybridized carbons (Fsp3) is 0.385. The van der Waals surface area contributed by atoms with Crippen molar-refractivity contribution in [2.75, 3.05) is 0 Å². The van der Waals surface area contributed by atoms with E-state index >= 15 is 0 Å². The van der Waals surface area contributed by atoms with Crippen LogP contribution in [0.5, 0.6) is 5.75 Å². The van der Waals surface area contributed by atoms with E-state index in [1.54, 1.807) is 0 Å². The Bertz CT molecular complexity index is 481. The number of nitrogens with one attached hydrogen (secondary N) is 1. The van der Waals surface area contributed by atoms with Gasteiger partial charge in [0.15, 0.2) is 0 Å².